The average molecular weight is 299 g/mol. The van der Waals surface area contributed by atoms with E-state index in [0.717, 1.165) is 16.9 Å². The lowest BCUT2D eigenvalue weighted by atomic mass is 10.1. The predicted octanol–water partition coefficient (Wildman–Crippen LogP) is 3.14. The van der Waals surface area contributed by atoms with Gasteiger partial charge in [-0.25, -0.2) is 0 Å². The molecule has 0 atom stereocenters. The van der Waals surface area contributed by atoms with Crippen LogP contribution in [-0.2, 0) is 17.9 Å². The van der Waals surface area contributed by atoms with Crippen LogP contribution in [0.25, 0.3) is 0 Å². The molecule has 0 aliphatic heterocycles. The Labute approximate surface area is 130 Å². The van der Waals surface area contributed by atoms with Crippen LogP contribution in [-0.4, -0.2) is 17.6 Å². The summed E-state index contributed by atoms with van der Waals surface area (Å²) in [7, 11) is 0. The van der Waals surface area contributed by atoms with Gasteiger partial charge in [0.2, 0.25) is 0 Å². The second kappa shape index (κ2) is 8.20. The van der Waals surface area contributed by atoms with Crippen LogP contribution in [0, 0.1) is 6.92 Å². The van der Waals surface area contributed by atoms with Crippen LogP contribution in [0.2, 0.25) is 0 Å². The van der Waals surface area contributed by atoms with Gasteiger partial charge in [0, 0.05) is 13.1 Å². The van der Waals surface area contributed by atoms with Gasteiger partial charge in [0.05, 0.1) is 6.42 Å². The minimum atomic E-state index is -0.789. The average Bonchev–Trinajstić information content (AvgIpc) is 2.50. The number of hydrogen-bond donors (Lipinski definition) is 2. The highest BCUT2D eigenvalue weighted by Gasteiger charge is 2.00. The molecule has 0 radical (unpaired) electrons. The van der Waals surface area contributed by atoms with Crippen molar-refractivity contribution in [3.05, 3.63) is 65.2 Å². The minimum absolute atomic E-state index is 0.129. The standard InChI is InChI=1S/C18H21NO3/c1-14-4-2-6-16(10-14)13-22-17-7-3-5-15(11-17)12-19-9-8-18(20)21/h2-7,10-11,19H,8-9,12-13H2,1H3,(H,20,21). The van der Waals surface area contributed by atoms with Gasteiger partial charge in [-0.15, -0.1) is 0 Å². The molecule has 0 fully saturated rings. The second-order valence-corrected chi connectivity index (χ2v) is 5.25. The molecule has 116 valence electrons. The maximum absolute atomic E-state index is 10.4. The zero-order valence-corrected chi connectivity index (χ0v) is 12.7. The minimum Gasteiger partial charge on any atom is -0.489 e. The second-order valence-electron chi connectivity index (χ2n) is 5.25. The van der Waals surface area contributed by atoms with Crippen molar-refractivity contribution in [2.45, 2.75) is 26.5 Å². The van der Waals surface area contributed by atoms with E-state index >= 15 is 0 Å². The summed E-state index contributed by atoms with van der Waals surface area (Å²) < 4.78 is 5.81. The summed E-state index contributed by atoms with van der Waals surface area (Å²) in [4.78, 5) is 10.4. The molecule has 0 bridgehead atoms. The zero-order valence-electron chi connectivity index (χ0n) is 12.7. The van der Waals surface area contributed by atoms with Crippen molar-refractivity contribution in [3.63, 3.8) is 0 Å². The summed E-state index contributed by atoms with van der Waals surface area (Å²) in [6.45, 7) is 3.70. The first kappa shape index (κ1) is 16.0. The number of carbonyl (C=O) groups is 1. The van der Waals surface area contributed by atoms with E-state index in [2.05, 4.69) is 24.4 Å². The molecule has 0 saturated carbocycles. The van der Waals surface area contributed by atoms with Gasteiger partial charge in [-0.1, -0.05) is 42.0 Å². The summed E-state index contributed by atoms with van der Waals surface area (Å²) >= 11 is 0. The van der Waals surface area contributed by atoms with Gasteiger partial charge in [0.15, 0.2) is 0 Å². The van der Waals surface area contributed by atoms with Gasteiger partial charge in [-0.05, 0) is 30.2 Å². The van der Waals surface area contributed by atoms with Gasteiger partial charge < -0.3 is 15.2 Å². The number of carboxylic acids is 1. The predicted molar refractivity (Wildman–Crippen MR) is 85.9 cm³/mol. The smallest absolute Gasteiger partial charge is 0.304 e. The van der Waals surface area contributed by atoms with E-state index in [1.165, 1.54) is 5.56 Å². The van der Waals surface area contributed by atoms with Crippen molar-refractivity contribution in [3.8, 4) is 5.75 Å². The largest absolute Gasteiger partial charge is 0.489 e. The summed E-state index contributed by atoms with van der Waals surface area (Å²) in [5.41, 5.74) is 3.44. The lowest BCUT2D eigenvalue weighted by Gasteiger charge is -2.09. The van der Waals surface area contributed by atoms with Crippen LogP contribution in [0.3, 0.4) is 0 Å². The van der Waals surface area contributed by atoms with Gasteiger partial charge in [0.1, 0.15) is 12.4 Å². The van der Waals surface area contributed by atoms with Gasteiger partial charge in [-0.3, -0.25) is 4.79 Å². The number of benzene rings is 2. The third-order valence-electron chi connectivity index (χ3n) is 3.23. The molecule has 0 amide bonds. The van der Waals surface area contributed by atoms with Crippen molar-refractivity contribution < 1.29 is 14.6 Å². The third-order valence-corrected chi connectivity index (χ3v) is 3.23. The molecule has 0 spiro atoms. The molecule has 2 rings (SSSR count). The Morgan fingerprint density at radius 1 is 1.14 bits per heavy atom. The van der Waals surface area contributed by atoms with Crippen molar-refractivity contribution in [2.75, 3.05) is 6.54 Å². The van der Waals surface area contributed by atoms with E-state index in [0.29, 0.717) is 19.7 Å². The first-order valence-corrected chi connectivity index (χ1v) is 7.33. The van der Waals surface area contributed by atoms with Gasteiger partial charge >= 0.3 is 5.97 Å². The van der Waals surface area contributed by atoms with E-state index in [1.54, 1.807) is 0 Å². The number of aliphatic carboxylic acids is 1. The van der Waals surface area contributed by atoms with E-state index in [9.17, 15) is 4.79 Å². The van der Waals surface area contributed by atoms with Crippen LogP contribution in [0.4, 0.5) is 0 Å². The van der Waals surface area contributed by atoms with Crippen molar-refractivity contribution >= 4 is 5.97 Å². The molecule has 4 nitrogen and oxygen atoms in total. The summed E-state index contributed by atoms with van der Waals surface area (Å²) in [6.07, 6.45) is 0.129. The molecule has 0 heterocycles. The fourth-order valence-electron chi connectivity index (χ4n) is 2.14. The molecule has 0 saturated heterocycles. The summed E-state index contributed by atoms with van der Waals surface area (Å²) in [6, 6.07) is 16.1. The molecule has 2 aromatic rings. The molecule has 0 unspecified atom stereocenters. The summed E-state index contributed by atoms with van der Waals surface area (Å²) in [5.74, 6) is 0.0294. The normalized spacial score (nSPS) is 10.4. The van der Waals surface area contributed by atoms with Crippen LogP contribution >= 0.6 is 0 Å². The highest BCUT2D eigenvalue weighted by atomic mass is 16.5. The highest BCUT2D eigenvalue weighted by molar-refractivity contribution is 5.66. The molecule has 0 aliphatic carbocycles. The number of carboxylic acid groups (broad SMARTS) is 1. The molecule has 0 aliphatic rings. The first-order chi connectivity index (χ1) is 10.6. The van der Waals surface area contributed by atoms with E-state index in [4.69, 9.17) is 9.84 Å². The molecule has 2 aromatic carbocycles. The SMILES string of the molecule is Cc1cccc(COc2cccc(CNCCC(=O)O)c2)c1. The quantitative estimate of drug-likeness (QED) is 0.735. The lowest BCUT2D eigenvalue weighted by Crippen LogP contribution is -2.17. The van der Waals surface area contributed by atoms with Crippen molar-refractivity contribution in [1.29, 1.82) is 0 Å². The maximum atomic E-state index is 10.4. The van der Waals surface area contributed by atoms with Crippen molar-refractivity contribution in [1.82, 2.24) is 5.32 Å². The Balaban J connectivity index is 1.84. The summed E-state index contributed by atoms with van der Waals surface area (Å²) in [5, 5.41) is 11.7. The van der Waals surface area contributed by atoms with Crippen LogP contribution < -0.4 is 10.1 Å². The Morgan fingerprint density at radius 3 is 2.68 bits per heavy atom. The molecular formula is C18H21NO3. The molecule has 0 aromatic heterocycles. The third kappa shape index (κ3) is 5.58. The first-order valence-electron chi connectivity index (χ1n) is 7.33. The lowest BCUT2D eigenvalue weighted by molar-refractivity contribution is -0.136. The van der Waals surface area contributed by atoms with Gasteiger partial charge in [0.25, 0.3) is 0 Å². The topological polar surface area (TPSA) is 58.6 Å². The van der Waals surface area contributed by atoms with Gasteiger partial charge in [-0.2, -0.15) is 0 Å². The van der Waals surface area contributed by atoms with E-state index < -0.39 is 5.97 Å². The number of aryl methyl sites for hydroxylation is 1. The molecular weight excluding hydrogens is 278 g/mol. The molecule has 22 heavy (non-hydrogen) atoms. The number of ether oxygens (including phenoxy) is 1. The Morgan fingerprint density at radius 2 is 1.91 bits per heavy atom. The molecule has 4 heteroatoms. The van der Waals surface area contributed by atoms with Crippen LogP contribution in [0.15, 0.2) is 48.5 Å². The monoisotopic (exact) mass is 299 g/mol. The fraction of sp³-hybridized carbons (Fsp3) is 0.278. The van der Waals surface area contributed by atoms with E-state index in [1.807, 2.05) is 36.4 Å². The fourth-order valence-corrected chi connectivity index (χ4v) is 2.14. The molecule has 2 N–H and O–H groups in total. The Bertz CT molecular complexity index is 625. The Hall–Kier alpha value is -2.33. The highest BCUT2D eigenvalue weighted by Crippen LogP contribution is 2.15. The van der Waals surface area contributed by atoms with E-state index in [-0.39, 0.29) is 6.42 Å². The zero-order chi connectivity index (χ0) is 15.8. The maximum Gasteiger partial charge on any atom is 0.304 e. The van der Waals surface area contributed by atoms with Crippen LogP contribution in [0.5, 0.6) is 5.75 Å². The van der Waals surface area contributed by atoms with Crippen LogP contribution in [0.1, 0.15) is 23.1 Å². The number of nitrogens with one attached hydrogen (secondary N) is 1. The Kier molecular flexibility index (Phi) is 5.98. The number of rotatable bonds is 8. The number of hydrogen-bond acceptors (Lipinski definition) is 3. The van der Waals surface area contributed by atoms with Crippen molar-refractivity contribution in [2.24, 2.45) is 0 Å².